The third-order valence-electron chi connectivity index (χ3n) is 2.38. The Kier molecular flexibility index (Phi) is 3.10. The fourth-order valence-electron chi connectivity index (χ4n) is 1.56. The van der Waals surface area contributed by atoms with Crippen LogP contribution in [0.3, 0.4) is 0 Å². The van der Waals surface area contributed by atoms with Gasteiger partial charge in [0.25, 0.3) is 0 Å². The molecule has 0 spiro atoms. The van der Waals surface area contributed by atoms with E-state index in [-0.39, 0.29) is 5.97 Å². The number of hydrogen-bond donors (Lipinski definition) is 1. The Hall–Kier alpha value is -1.88. The maximum absolute atomic E-state index is 11.3. The SMILES string of the molecule is COC(=O)c1ccc(-c2sc(N)nc2C)cc1. The Labute approximate surface area is 103 Å². The molecule has 0 aliphatic carbocycles. The van der Waals surface area contributed by atoms with Crippen LogP contribution in [0, 0.1) is 6.92 Å². The van der Waals surface area contributed by atoms with Crippen LogP contribution in [-0.4, -0.2) is 18.1 Å². The number of carbonyl (C=O) groups excluding carboxylic acids is 1. The molecule has 0 saturated carbocycles. The van der Waals surface area contributed by atoms with Gasteiger partial charge in [-0.15, -0.1) is 0 Å². The minimum Gasteiger partial charge on any atom is -0.465 e. The van der Waals surface area contributed by atoms with Crippen LogP contribution < -0.4 is 5.73 Å². The zero-order chi connectivity index (χ0) is 12.4. The number of nitrogens with zero attached hydrogens (tertiary/aromatic N) is 1. The number of thiazole rings is 1. The molecule has 88 valence electrons. The monoisotopic (exact) mass is 248 g/mol. The van der Waals surface area contributed by atoms with Gasteiger partial charge in [-0.25, -0.2) is 9.78 Å². The molecule has 0 bridgehead atoms. The Balaban J connectivity index is 2.35. The summed E-state index contributed by atoms with van der Waals surface area (Å²) in [6.07, 6.45) is 0. The molecule has 1 heterocycles. The fourth-order valence-corrected chi connectivity index (χ4v) is 2.40. The molecule has 0 saturated heterocycles. The number of nitrogen functional groups attached to an aromatic ring is 1. The van der Waals surface area contributed by atoms with Crippen molar-refractivity contribution < 1.29 is 9.53 Å². The summed E-state index contributed by atoms with van der Waals surface area (Å²) >= 11 is 1.44. The highest BCUT2D eigenvalue weighted by Gasteiger charge is 2.09. The minimum absolute atomic E-state index is 0.336. The van der Waals surface area contributed by atoms with Gasteiger partial charge in [-0.1, -0.05) is 23.5 Å². The van der Waals surface area contributed by atoms with Gasteiger partial charge in [-0.05, 0) is 24.6 Å². The van der Waals surface area contributed by atoms with E-state index < -0.39 is 0 Å². The molecule has 0 unspecified atom stereocenters. The number of rotatable bonds is 2. The van der Waals surface area contributed by atoms with E-state index in [9.17, 15) is 4.79 Å². The molecule has 0 radical (unpaired) electrons. The zero-order valence-corrected chi connectivity index (χ0v) is 10.4. The standard InChI is InChI=1S/C12H12N2O2S/c1-7-10(17-12(13)14-7)8-3-5-9(6-4-8)11(15)16-2/h3-6H,1-2H3,(H2,13,14). The Bertz CT molecular complexity index is 546. The second-order valence-electron chi connectivity index (χ2n) is 3.54. The lowest BCUT2D eigenvalue weighted by atomic mass is 10.1. The number of aryl methyl sites for hydroxylation is 1. The summed E-state index contributed by atoms with van der Waals surface area (Å²) in [5.41, 5.74) is 8.09. The van der Waals surface area contributed by atoms with Crippen molar-refractivity contribution in [3.63, 3.8) is 0 Å². The predicted molar refractivity (Wildman–Crippen MR) is 68.0 cm³/mol. The van der Waals surface area contributed by atoms with E-state index in [2.05, 4.69) is 9.72 Å². The van der Waals surface area contributed by atoms with Gasteiger partial charge in [0.15, 0.2) is 5.13 Å². The van der Waals surface area contributed by atoms with E-state index in [0.29, 0.717) is 10.7 Å². The van der Waals surface area contributed by atoms with Crippen LogP contribution in [0.5, 0.6) is 0 Å². The summed E-state index contributed by atoms with van der Waals surface area (Å²) in [5, 5.41) is 0.551. The summed E-state index contributed by atoms with van der Waals surface area (Å²) in [7, 11) is 1.37. The summed E-state index contributed by atoms with van der Waals surface area (Å²) in [5.74, 6) is -0.336. The first kappa shape index (κ1) is 11.6. The third-order valence-corrected chi connectivity index (χ3v) is 3.42. The molecule has 0 aliphatic heterocycles. The van der Waals surface area contributed by atoms with Crippen molar-refractivity contribution >= 4 is 22.4 Å². The minimum atomic E-state index is -0.336. The summed E-state index contributed by atoms with van der Waals surface area (Å²) in [4.78, 5) is 16.5. The van der Waals surface area contributed by atoms with Crippen LogP contribution >= 0.6 is 11.3 Å². The lowest BCUT2D eigenvalue weighted by molar-refractivity contribution is 0.0601. The number of esters is 1. The fraction of sp³-hybridized carbons (Fsp3) is 0.167. The first-order valence-corrected chi connectivity index (χ1v) is 5.85. The van der Waals surface area contributed by atoms with Crippen LogP contribution in [0.25, 0.3) is 10.4 Å². The molecular weight excluding hydrogens is 236 g/mol. The van der Waals surface area contributed by atoms with Crippen LogP contribution in [0.4, 0.5) is 5.13 Å². The lowest BCUT2D eigenvalue weighted by Crippen LogP contribution is -2.00. The van der Waals surface area contributed by atoms with Crippen molar-refractivity contribution in [3.05, 3.63) is 35.5 Å². The molecule has 17 heavy (non-hydrogen) atoms. The molecule has 1 aromatic heterocycles. The van der Waals surface area contributed by atoms with E-state index in [1.54, 1.807) is 12.1 Å². The van der Waals surface area contributed by atoms with Crippen molar-refractivity contribution in [2.75, 3.05) is 12.8 Å². The number of nitrogens with two attached hydrogens (primary N) is 1. The first-order valence-electron chi connectivity index (χ1n) is 5.03. The van der Waals surface area contributed by atoms with Gasteiger partial charge in [0.05, 0.1) is 23.2 Å². The summed E-state index contributed by atoms with van der Waals surface area (Å²) in [6, 6.07) is 7.20. The first-order chi connectivity index (χ1) is 8.11. The van der Waals surface area contributed by atoms with Crippen LogP contribution in [0.15, 0.2) is 24.3 Å². The third kappa shape index (κ3) is 2.29. The maximum atomic E-state index is 11.3. The Morgan fingerprint density at radius 1 is 1.35 bits per heavy atom. The highest BCUT2D eigenvalue weighted by Crippen LogP contribution is 2.31. The van der Waals surface area contributed by atoms with Gasteiger partial charge in [-0.3, -0.25) is 0 Å². The quantitative estimate of drug-likeness (QED) is 0.829. The predicted octanol–water partition coefficient (Wildman–Crippen LogP) is 2.49. The van der Waals surface area contributed by atoms with E-state index in [1.807, 2.05) is 19.1 Å². The molecule has 5 heteroatoms. The molecule has 1 aromatic carbocycles. The number of hydrogen-bond acceptors (Lipinski definition) is 5. The van der Waals surface area contributed by atoms with Gasteiger partial charge >= 0.3 is 5.97 Å². The average molecular weight is 248 g/mol. The second-order valence-corrected chi connectivity index (χ2v) is 4.57. The number of methoxy groups -OCH3 is 1. The largest absolute Gasteiger partial charge is 0.465 e. The molecular formula is C12H12N2O2S. The van der Waals surface area contributed by atoms with E-state index in [4.69, 9.17) is 5.73 Å². The van der Waals surface area contributed by atoms with Gasteiger partial charge in [0, 0.05) is 0 Å². The van der Waals surface area contributed by atoms with Gasteiger partial charge in [0.2, 0.25) is 0 Å². The van der Waals surface area contributed by atoms with Crippen molar-refractivity contribution in [3.8, 4) is 10.4 Å². The number of anilines is 1. The number of carbonyl (C=O) groups is 1. The Morgan fingerprint density at radius 3 is 2.47 bits per heavy atom. The van der Waals surface area contributed by atoms with Gasteiger partial charge in [0.1, 0.15) is 0 Å². The van der Waals surface area contributed by atoms with Gasteiger partial charge < -0.3 is 10.5 Å². The normalized spacial score (nSPS) is 10.2. The summed E-state index contributed by atoms with van der Waals surface area (Å²) < 4.78 is 4.64. The van der Waals surface area contributed by atoms with E-state index in [1.165, 1.54) is 18.4 Å². The molecule has 2 aromatic rings. The second kappa shape index (κ2) is 4.55. The molecule has 0 atom stereocenters. The number of ether oxygens (including phenoxy) is 1. The van der Waals surface area contributed by atoms with Crippen molar-refractivity contribution in [2.24, 2.45) is 0 Å². The Morgan fingerprint density at radius 2 is 2.00 bits per heavy atom. The maximum Gasteiger partial charge on any atom is 0.337 e. The lowest BCUT2D eigenvalue weighted by Gasteiger charge is -2.01. The molecule has 0 amide bonds. The molecule has 2 rings (SSSR count). The topological polar surface area (TPSA) is 65.2 Å². The summed E-state index contributed by atoms with van der Waals surface area (Å²) in [6.45, 7) is 1.91. The highest BCUT2D eigenvalue weighted by atomic mass is 32.1. The zero-order valence-electron chi connectivity index (χ0n) is 9.56. The molecule has 0 aliphatic rings. The number of aromatic nitrogens is 1. The molecule has 4 nitrogen and oxygen atoms in total. The van der Waals surface area contributed by atoms with Crippen molar-refractivity contribution in [1.82, 2.24) is 4.98 Å². The smallest absolute Gasteiger partial charge is 0.337 e. The van der Waals surface area contributed by atoms with Gasteiger partial charge in [-0.2, -0.15) is 0 Å². The highest BCUT2D eigenvalue weighted by molar-refractivity contribution is 7.18. The number of benzene rings is 1. The molecule has 2 N–H and O–H groups in total. The average Bonchev–Trinajstić information content (AvgIpc) is 2.68. The van der Waals surface area contributed by atoms with Crippen molar-refractivity contribution in [2.45, 2.75) is 6.92 Å². The van der Waals surface area contributed by atoms with Crippen LogP contribution in [0.1, 0.15) is 16.1 Å². The van der Waals surface area contributed by atoms with E-state index in [0.717, 1.165) is 16.1 Å². The van der Waals surface area contributed by atoms with Crippen LogP contribution in [0.2, 0.25) is 0 Å². The van der Waals surface area contributed by atoms with E-state index >= 15 is 0 Å². The van der Waals surface area contributed by atoms with Crippen molar-refractivity contribution in [1.29, 1.82) is 0 Å². The molecule has 0 fully saturated rings. The van der Waals surface area contributed by atoms with Crippen LogP contribution in [-0.2, 0) is 4.74 Å².